The van der Waals surface area contributed by atoms with E-state index in [1.54, 1.807) is 12.1 Å². The minimum absolute atomic E-state index is 0.202. The normalized spacial score (nSPS) is 13.8. The lowest BCUT2D eigenvalue weighted by Gasteiger charge is -2.35. The molecule has 2 aromatic carbocycles. The van der Waals surface area contributed by atoms with Crippen molar-refractivity contribution in [2.45, 2.75) is 0 Å². The first kappa shape index (κ1) is 18.7. The van der Waals surface area contributed by atoms with Crippen LogP contribution in [-0.2, 0) is 9.59 Å². The molecule has 0 spiro atoms. The van der Waals surface area contributed by atoms with E-state index in [0.717, 1.165) is 5.69 Å². The molecule has 3 rings (SSSR count). The quantitative estimate of drug-likeness (QED) is 0.805. The molecule has 1 heterocycles. The lowest BCUT2D eigenvalue weighted by Crippen LogP contribution is -2.51. The number of hydrogen-bond donors (Lipinski definition) is 1. The maximum Gasteiger partial charge on any atom is 0.313 e. The maximum atomic E-state index is 13.0. The molecule has 0 aromatic heterocycles. The number of rotatable bonds is 2. The topological polar surface area (TPSA) is 76.4 Å². The first-order valence-corrected chi connectivity index (χ1v) is 8.66. The van der Waals surface area contributed by atoms with Crippen molar-refractivity contribution in [1.82, 2.24) is 4.90 Å². The van der Waals surface area contributed by atoms with Gasteiger partial charge in [0.15, 0.2) is 0 Å². The molecule has 138 valence electrons. The second kappa shape index (κ2) is 8.06. The molecule has 0 bridgehead atoms. The smallest absolute Gasteiger partial charge is 0.313 e. The number of hydrogen-bond acceptors (Lipinski definition) is 4. The molecule has 2 aromatic rings. The van der Waals surface area contributed by atoms with Crippen LogP contribution in [0.15, 0.2) is 42.5 Å². The molecule has 0 atom stereocenters. The molecule has 27 heavy (non-hydrogen) atoms. The summed E-state index contributed by atoms with van der Waals surface area (Å²) in [4.78, 5) is 28.1. The van der Waals surface area contributed by atoms with E-state index in [4.69, 9.17) is 16.9 Å². The number of nitriles is 1. The summed E-state index contributed by atoms with van der Waals surface area (Å²) in [5.74, 6) is -1.79. The van der Waals surface area contributed by atoms with Gasteiger partial charge in [0.1, 0.15) is 11.9 Å². The van der Waals surface area contributed by atoms with E-state index >= 15 is 0 Å². The van der Waals surface area contributed by atoms with Crippen LogP contribution in [-0.4, -0.2) is 42.9 Å². The van der Waals surface area contributed by atoms with Crippen molar-refractivity contribution in [2.75, 3.05) is 36.4 Å². The van der Waals surface area contributed by atoms with E-state index < -0.39 is 11.8 Å². The number of amides is 2. The van der Waals surface area contributed by atoms with Crippen LogP contribution in [0.4, 0.5) is 15.8 Å². The molecule has 0 saturated carbocycles. The van der Waals surface area contributed by atoms with Gasteiger partial charge in [-0.2, -0.15) is 5.26 Å². The average molecular weight is 387 g/mol. The fraction of sp³-hybridized carbons (Fsp3) is 0.211. The zero-order valence-electron chi connectivity index (χ0n) is 14.3. The summed E-state index contributed by atoms with van der Waals surface area (Å²) in [6.45, 7) is 1.80. The molecule has 2 amide bonds. The number of anilines is 2. The Morgan fingerprint density at radius 1 is 1.07 bits per heavy atom. The van der Waals surface area contributed by atoms with Gasteiger partial charge >= 0.3 is 11.8 Å². The molecule has 6 nitrogen and oxygen atoms in total. The monoisotopic (exact) mass is 386 g/mol. The van der Waals surface area contributed by atoms with Crippen LogP contribution >= 0.6 is 11.6 Å². The van der Waals surface area contributed by atoms with Crippen LogP contribution in [0.5, 0.6) is 0 Å². The highest BCUT2D eigenvalue weighted by atomic mass is 35.5. The Balaban J connectivity index is 1.60. The van der Waals surface area contributed by atoms with Gasteiger partial charge in [0.25, 0.3) is 0 Å². The number of nitrogens with one attached hydrogen (secondary N) is 1. The van der Waals surface area contributed by atoms with Crippen LogP contribution < -0.4 is 10.2 Å². The molecule has 1 fully saturated rings. The predicted molar refractivity (Wildman–Crippen MR) is 100.0 cm³/mol. The van der Waals surface area contributed by atoms with Gasteiger partial charge in [-0.1, -0.05) is 11.6 Å². The van der Waals surface area contributed by atoms with Crippen molar-refractivity contribution in [3.05, 3.63) is 58.9 Å². The Bertz CT molecular complexity index is 903. The fourth-order valence-corrected chi connectivity index (χ4v) is 3.03. The Morgan fingerprint density at radius 3 is 2.37 bits per heavy atom. The van der Waals surface area contributed by atoms with Gasteiger partial charge in [-0.05, 0) is 42.5 Å². The lowest BCUT2D eigenvalue weighted by molar-refractivity contribution is -0.143. The summed E-state index contributed by atoms with van der Waals surface area (Å²) < 4.78 is 13.0. The number of carbonyl (C=O) groups excluding carboxylic acids is 2. The fourth-order valence-electron chi connectivity index (χ4n) is 2.86. The van der Waals surface area contributed by atoms with Crippen LogP contribution in [0, 0.1) is 17.1 Å². The summed E-state index contributed by atoms with van der Waals surface area (Å²) in [5.41, 5.74) is 1.29. The SMILES string of the molecule is N#Cc1ccc(Cl)cc1NC(=O)C(=O)N1CCN(c2ccc(F)cc2)CC1. The summed E-state index contributed by atoms with van der Waals surface area (Å²) >= 11 is 5.88. The average Bonchev–Trinajstić information content (AvgIpc) is 2.68. The Hall–Kier alpha value is -3.11. The van der Waals surface area contributed by atoms with Crippen molar-refractivity contribution in [1.29, 1.82) is 5.26 Å². The van der Waals surface area contributed by atoms with Crippen molar-refractivity contribution in [3.8, 4) is 6.07 Å². The predicted octanol–water partition coefficient (Wildman–Crippen LogP) is 2.64. The maximum absolute atomic E-state index is 13.0. The summed E-state index contributed by atoms with van der Waals surface area (Å²) in [6.07, 6.45) is 0. The second-order valence-corrected chi connectivity index (χ2v) is 6.45. The van der Waals surface area contributed by atoms with E-state index in [9.17, 15) is 14.0 Å². The highest BCUT2D eigenvalue weighted by molar-refractivity contribution is 6.40. The first-order chi connectivity index (χ1) is 13.0. The van der Waals surface area contributed by atoms with Gasteiger partial charge in [-0.3, -0.25) is 9.59 Å². The molecule has 1 aliphatic heterocycles. The van der Waals surface area contributed by atoms with Crippen molar-refractivity contribution in [2.24, 2.45) is 0 Å². The largest absolute Gasteiger partial charge is 0.368 e. The zero-order valence-corrected chi connectivity index (χ0v) is 15.0. The van der Waals surface area contributed by atoms with Gasteiger partial charge in [-0.25, -0.2) is 4.39 Å². The molecule has 1 N–H and O–H groups in total. The third kappa shape index (κ3) is 4.36. The third-order valence-corrected chi connectivity index (χ3v) is 4.54. The number of carbonyl (C=O) groups is 2. The van der Waals surface area contributed by atoms with Gasteiger partial charge in [-0.15, -0.1) is 0 Å². The molecule has 0 radical (unpaired) electrons. The van der Waals surface area contributed by atoms with Crippen LogP contribution in [0.2, 0.25) is 5.02 Å². The van der Waals surface area contributed by atoms with Gasteiger partial charge in [0.2, 0.25) is 0 Å². The molecule has 1 saturated heterocycles. The molecule has 0 aliphatic carbocycles. The molecule has 1 aliphatic rings. The number of benzene rings is 2. The summed E-state index contributed by atoms with van der Waals surface area (Å²) in [6, 6.07) is 12.5. The minimum atomic E-state index is -0.816. The van der Waals surface area contributed by atoms with Crippen molar-refractivity contribution < 1.29 is 14.0 Å². The number of nitrogens with zero attached hydrogens (tertiary/aromatic N) is 3. The number of halogens is 2. The van der Waals surface area contributed by atoms with Crippen LogP contribution in [0.1, 0.15) is 5.56 Å². The zero-order chi connectivity index (χ0) is 19.4. The molecular weight excluding hydrogens is 371 g/mol. The molecular formula is C19H16ClFN4O2. The van der Waals surface area contributed by atoms with Gasteiger partial charge < -0.3 is 15.1 Å². The van der Waals surface area contributed by atoms with Crippen LogP contribution in [0.3, 0.4) is 0 Å². The third-order valence-electron chi connectivity index (χ3n) is 4.30. The highest BCUT2D eigenvalue weighted by Crippen LogP contribution is 2.21. The van der Waals surface area contributed by atoms with Crippen LogP contribution in [0.25, 0.3) is 0 Å². The highest BCUT2D eigenvalue weighted by Gasteiger charge is 2.26. The lowest BCUT2D eigenvalue weighted by atomic mass is 10.2. The molecule has 8 heteroatoms. The van der Waals surface area contributed by atoms with E-state index in [0.29, 0.717) is 31.2 Å². The summed E-state index contributed by atoms with van der Waals surface area (Å²) in [5, 5.41) is 11.9. The minimum Gasteiger partial charge on any atom is -0.368 e. The second-order valence-electron chi connectivity index (χ2n) is 6.01. The Kier molecular flexibility index (Phi) is 5.57. The number of piperazine rings is 1. The van der Waals surface area contributed by atoms with Crippen molar-refractivity contribution >= 4 is 34.8 Å². The van der Waals surface area contributed by atoms with E-state index in [1.807, 2.05) is 11.0 Å². The van der Waals surface area contributed by atoms with E-state index in [1.165, 1.54) is 35.2 Å². The van der Waals surface area contributed by atoms with E-state index in [2.05, 4.69) is 5.32 Å². The van der Waals surface area contributed by atoms with Gasteiger partial charge in [0.05, 0.1) is 11.3 Å². The first-order valence-electron chi connectivity index (χ1n) is 8.28. The van der Waals surface area contributed by atoms with Crippen molar-refractivity contribution in [3.63, 3.8) is 0 Å². The standard InChI is InChI=1S/C19H16ClFN4O2/c20-14-2-1-13(12-22)17(11-14)23-18(26)19(27)25-9-7-24(8-10-25)16-5-3-15(21)4-6-16/h1-6,11H,7-10H2,(H,23,26). The van der Waals surface area contributed by atoms with E-state index in [-0.39, 0.29) is 17.1 Å². The Morgan fingerprint density at radius 2 is 1.74 bits per heavy atom. The summed E-state index contributed by atoms with van der Waals surface area (Å²) in [7, 11) is 0. The molecule has 0 unspecified atom stereocenters. The van der Waals surface area contributed by atoms with Gasteiger partial charge in [0, 0.05) is 36.9 Å². The Labute approximate surface area is 160 Å².